The van der Waals surface area contributed by atoms with Crippen molar-refractivity contribution in [2.24, 2.45) is 23.7 Å². The van der Waals surface area contributed by atoms with Crippen molar-refractivity contribution in [1.29, 1.82) is 0 Å². The van der Waals surface area contributed by atoms with Crippen LogP contribution in [0.1, 0.15) is 12.8 Å². The molecule has 1 unspecified atom stereocenters. The van der Waals surface area contributed by atoms with E-state index < -0.39 is 0 Å². The lowest BCUT2D eigenvalue weighted by atomic mass is 10.0. The van der Waals surface area contributed by atoms with Gasteiger partial charge in [-0.3, -0.25) is 19.1 Å². The van der Waals surface area contributed by atoms with Gasteiger partial charge < -0.3 is 20.1 Å². The van der Waals surface area contributed by atoms with Crippen LogP contribution in [0.25, 0.3) is 0 Å². The number of piperidine rings is 1. The topological polar surface area (TPSA) is 114 Å². The van der Waals surface area contributed by atoms with Gasteiger partial charge in [0.05, 0.1) is 0 Å². The summed E-state index contributed by atoms with van der Waals surface area (Å²) in [6.07, 6.45) is 5.54. The summed E-state index contributed by atoms with van der Waals surface area (Å²) in [6.45, 7) is 3.83. The van der Waals surface area contributed by atoms with Crippen LogP contribution in [0.2, 0.25) is 0 Å². The third kappa shape index (κ3) is 4.85. The molecular formula is C18H26N4O5. The summed E-state index contributed by atoms with van der Waals surface area (Å²) in [5.41, 5.74) is 0. The third-order valence-electron chi connectivity index (χ3n) is 5.61. The van der Waals surface area contributed by atoms with Crippen molar-refractivity contribution in [2.45, 2.75) is 19.4 Å². The van der Waals surface area contributed by atoms with Crippen molar-refractivity contribution in [1.82, 2.24) is 20.0 Å². The minimum atomic E-state index is -0.250. The predicted molar refractivity (Wildman–Crippen MR) is 94.5 cm³/mol. The van der Waals surface area contributed by atoms with Crippen LogP contribution in [0, 0.1) is 23.7 Å². The summed E-state index contributed by atoms with van der Waals surface area (Å²) in [4.78, 5) is 34.8. The number of rotatable bonds is 5. The Hall–Kier alpha value is -2.42. The Morgan fingerprint density at radius 3 is 2.52 bits per heavy atom. The van der Waals surface area contributed by atoms with Gasteiger partial charge in [-0.2, -0.15) is 5.10 Å². The quantitative estimate of drug-likeness (QED) is 0.688. The molecule has 0 radical (unpaired) electrons. The Morgan fingerprint density at radius 1 is 1.26 bits per heavy atom. The summed E-state index contributed by atoms with van der Waals surface area (Å²) in [6, 6.07) is 1.81. The fourth-order valence-corrected chi connectivity index (χ4v) is 4.06. The van der Waals surface area contributed by atoms with E-state index in [0.717, 1.165) is 32.6 Å². The van der Waals surface area contributed by atoms with Crippen LogP contribution < -0.4 is 5.32 Å². The summed E-state index contributed by atoms with van der Waals surface area (Å²) in [5.74, 6) is 1.62. The van der Waals surface area contributed by atoms with Gasteiger partial charge in [0.2, 0.25) is 11.8 Å². The van der Waals surface area contributed by atoms with Crippen molar-refractivity contribution < 1.29 is 24.2 Å². The Bertz CT molecular complexity index is 632. The molecule has 0 bridgehead atoms. The van der Waals surface area contributed by atoms with Gasteiger partial charge in [0.15, 0.2) is 0 Å². The molecule has 1 saturated carbocycles. The van der Waals surface area contributed by atoms with Crippen LogP contribution >= 0.6 is 0 Å². The monoisotopic (exact) mass is 378 g/mol. The molecule has 4 rings (SSSR count). The second kappa shape index (κ2) is 8.98. The van der Waals surface area contributed by atoms with Gasteiger partial charge in [-0.1, -0.05) is 0 Å². The van der Waals surface area contributed by atoms with Crippen LogP contribution in [-0.4, -0.2) is 70.9 Å². The summed E-state index contributed by atoms with van der Waals surface area (Å²) in [7, 11) is 0. The van der Waals surface area contributed by atoms with E-state index in [1.54, 1.807) is 17.1 Å². The van der Waals surface area contributed by atoms with E-state index in [0.29, 0.717) is 30.8 Å². The zero-order chi connectivity index (χ0) is 19.2. The van der Waals surface area contributed by atoms with E-state index in [-0.39, 0.29) is 30.7 Å². The summed E-state index contributed by atoms with van der Waals surface area (Å²) >= 11 is 0. The number of likely N-dealkylation sites (tertiary alicyclic amines) is 1. The number of aromatic nitrogens is 2. The number of hydrogen-bond donors (Lipinski definition) is 2. The second-order valence-electron chi connectivity index (χ2n) is 7.26. The molecule has 3 fully saturated rings. The standard InChI is InChI=1S/C17H24N4O3.CH2O2/c22-15(11-21-5-1-4-19-21)20-9-13-14(10-20)16(13)17(23)18-8-12-2-6-24-7-3-12;2-1-3/h1,4-5,12-14,16H,2-3,6-11H2,(H,18,23);1H,(H,2,3)/t13-,14+,16?;. The van der Waals surface area contributed by atoms with E-state index >= 15 is 0 Å². The maximum atomic E-state index is 12.3. The molecule has 2 aliphatic heterocycles. The van der Waals surface area contributed by atoms with E-state index in [1.807, 2.05) is 11.0 Å². The molecule has 148 valence electrons. The van der Waals surface area contributed by atoms with E-state index in [2.05, 4.69) is 10.4 Å². The highest BCUT2D eigenvalue weighted by Gasteiger charge is 2.60. The van der Waals surface area contributed by atoms with Gasteiger partial charge in [-0.05, 0) is 36.7 Å². The minimum absolute atomic E-state index is 0.0901. The second-order valence-corrected chi connectivity index (χ2v) is 7.26. The van der Waals surface area contributed by atoms with Crippen LogP contribution in [0.3, 0.4) is 0 Å². The number of fused-ring (bicyclic) bond motifs is 1. The van der Waals surface area contributed by atoms with Crippen LogP contribution in [0.4, 0.5) is 0 Å². The first kappa shape index (κ1) is 19.3. The normalized spacial score (nSPS) is 26.5. The number of hydrogen-bond acceptors (Lipinski definition) is 5. The molecule has 9 nitrogen and oxygen atoms in total. The van der Waals surface area contributed by atoms with Crippen molar-refractivity contribution in [2.75, 3.05) is 32.8 Å². The molecule has 1 aromatic heterocycles. The molecule has 3 atom stereocenters. The average molecular weight is 378 g/mol. The maximum absolute atomic E-state index is 12.3. The van der Waals surface area contributed by atoms with Gasteiger partial charge in [-0.15, -0.1) is 0 Å². The Kier molecular flexibility index (Phi) is 6.44. The molecule has 1 aromatic rings. The SMILES string of the molecule is O=C(NCC1CCOCC1)C1[C@H]2CN(C(=O)Cn3cccn3)C[C@@H]12.O=CO. The molecule has 0 aromatic carbocycles. The molecule has 27 heavy (non-hydrogen) atoms. The van der Waals surface area contributed by atoms with Gasteiger partial charge in [0.25, 0.3) is 6.47 Å². The fraction of sp³-hybridized carbons (Fsp3) is 0.667. The van der Waals surface area contributed by atoms with Crippen molar-refractivity contribution in [3.05, 3.63) is 18.5 Å². The number of nitrogens with one attached hydrogen (secondary N) is 1. The summed E-state index contributed by atoms with van der Waals surface area (Å²) in [5, 5.41) is 14.1. The smallest absolute Gasteiger partial charge is 0.290 e. The van der Waals surface area contributed by atoms with Crippen LogP contribution in [-0.2, 0) is 25.7 Å². The first-order chi connectivity index (χ1) is 13.1. The third-order valence-corrected chi connectivity index (χ3v) is 5.61. The van der Waals surface area contributed by atoms with Crippen LogP contribution in [0.5, 0.6) is 0 Å². The number of amides is 2. The number of ether oxygens (including phenoxy) is 1. The largest absolute Gasteiger partial charge is 0.483 e. The minimum Gasteiger partial charge on any atom is -0.483 e. The number of nitrogens with zero attached hydrogens (tertiary/aromatic N) is 3. The highest BCUT2D eigenvalue weighted by molar-refractivity contribution is 5.84. The molecule has 3 heterocycles. The predicted octanol–water partition coefficient (Wildman–Crippen LogP) is -0.169. The molecule has 0 spiro atoms. The fourth-order valence-electron chi connectivity index (χ4n) is 4.06. The highest BCUT2D eigenvalue weighted by Crippen LogP contribution is 2.51. The highest BCUT2D eigenvalue weighted by atomic mass is 16.5. The molecule has 2 amide bonds. The zero-order valence-electron chi connectivity index (χ0n) is 15.2. The lowest BCUT2D eigenvalue weighted by Gasteiger charge is -2.23. The van der Waals surface area contributed by atoms with E-state index in [1.165, 1.54) is 0 Å². The Balaban J connectivity index is 0.000000659. The molecule has 9 heteroatoms. The Labute approximate surface area is 157 Å². The zero-order valence-corrected chi connectivity index (χ0v) is 15.2. The lowest BCUT2D eigenvalue weighted by Crippen LogP contribution is -2.38. The molecule has 2 saturated heterocycles. The molecule has 1 aliphatic carbocycles. The number of carbonyl (C=O) groups is 3. The van der Waals surface area contributed by atoms with Crippen LogP contribution in [0.15, 0.2) is 18.5 Å². The number of carboxylic acid groups (broad SMARTS) is 1. The summed E-state index contributed by atoms with van der Waals surface area (Å²) < 4.78 is 6.99. The van der Waals surface area contributed by atoms with Gasteiger partial charge in [-0.25, -0.2) is 0 Å². The van der Waals surface area contributed by atoms with Gasteiger partial charge in [0, 0.05) is 51.2 Å². The molecule has 3 aliphatic rings. The van der Waals surface area contributed by atoms with Crippen molar-refractivity contribution in [3.63, 3.8) is 0 Å². The van der Waals surface area contributed by atoms with E-state index in [4.69, 9.17) is 14.6 Å². The first-order valence-electron chi connectivity index (χ1n) is 9.32. The number of carbonyl (C=O) groups excluding carboxylic acids is 2. The van der Waals surface area contributed by atoms with Gasteiger partial charge in [0.1, 0.15) is 6.54 Å². The Morgan fingerprint density at radius 2 is 1.93 bits per heavy atom. The van der Waals surface area contributed by atoms with Crippen molar-refractivity contribution >= 4 is 18.3 Å². The maximum Gasteiger partial charge on any atom is 0.290 e. The van der Waals surface area contributed by atoms with E-state index in [9.17, 15) is 9.59 Å². The first-order valence-corrected chi connectivity index (χ1v) is 9.32. The average Bonchev–Trinajstić information content (AvgIpc) is 3.05. The molecule has 2 N–H and O–H groups in total. The lowest BCUT2D eigenvalue weighted by molar-refractivity contribution is -0.133. The van der Waals surface area contributed by atoms with Crippen molar-refractivity contribution in [3.8, 4) is 0 Å². The van der Waals surface area contributed by atoms with Gasteiger partial charge >= 0.3 is 0 Å². The molecular weight excluding hydrogens is 352 g/mol.